The predicted octanol–water partition coefficient (Wildman–Crippen LogP) is 6.69. The van der Waals surface area contributed by atoms with Crippen LogP contribution in [0.1, 0.15) is 91.5 Å². The van der Waals surface area contributed by atoms with Crippen LogP contribution in [0.4, 0.5) is 23.0 Å². The molecule has 2 aromatic heterocycles. The number of nitrogens with zero attached hydrogens (tertiary/aromatic N) is 6. The van der Waals surface area contributed by atoms with Crippen molar-refractivity contribution in [1.29, 1.82) is 0 Å². The predicted molar refractivity (Wildman–Crippen MR) is 180 cm³/mol. The number of nitrogens with one attached hydrogen (secondary N) is 2. The molecule has 0 radical (unpaired) electrons. The van der Waals surface area contributed by atoms with E-state index in [1.165, 1.54) is 18.6 Å². The topological polar surface area (TPSA) is 138 Å². The van der Waals surface area contributed by atoms with Crippen molar-refractivity contribution < 1.29 is 19.1 Å². The summed E-state index contributed by atoms with van der Waals surface area (Å²) in [5.74, 6) is 2.07. The summed E-state index contributed by atoms with van der Waals surface area (Å²) < 4.78 is 12.7. The Morgan fingerprint density at radius 2 is 1.24 bits per heavy atom. The lowest BCUT2D eigenvalue weighted by Gasteiger charge is -2.30. The first-order chi connectivity index (χ1) is 21.4. The van der Waals surface area contributed by atoms with E-state index in [4.69, 9.17) is 9.47 Å². The van der Waals surface area contributed by atoms with Gasteiger partial charge in [-0.2, -0.15) is 9.90 Å². The zero-order chi connectivity index (χ0) is 34.4. The number of aromatic nitrogens is 6. The molecule has 0 bridgehead atoms. The molecule has 46 heavy (non-hydrogen) atoms. The first kappa shape index (κ1) is 35.7. The third kappa shape index (κ3) is 9.63. The molecule has 0 aliphatic carbocycles. The van der Waals surface area contributed by atoms with Crippen molar-refractivity contribution in [3.8, 4) is 11.5 Å². The Balaban J connectivity index is 0.000000254. The van der Waals surface area contributed by atoms with Gasteiger partial charge in [-0.25, -0.2) is 0 Å². The molecule has 2 aromatic carbocycles. The average Bonchev–Trinajstić information content (AvgIpc) is 3.55. The quantitative estimate of drug-likeness (QED) is 0.160. The average molecular weight is 633 g/mol. The van der Waals surface area contributed by atoms with Gasteiger partial charge in [0.2, 0.25) is 0 Å². The highest BCUT2D eigenvalue weighted by molar-refractivity contribution is 5.73. The molecule has 248 valence electrons. The van der Waals surface area contributed by atoms with Crippen LogP contribution >= 0.6 is 0 Å². The Hall–Kier alpha value is -4.74. The summed E-state index contributed by atoms with van der Waals surface area (Å²) in [6, 6.07) is 7.99. The monoisotopic (exact) mass is 632 g/mol. The lowest BCUT2D eigenvalue weighted by Crippen LogP contribution is -2.21. The van der Waals surface area contributed by atoms with E-state index in [0.29, 0.717) is 23.1 Å². The summed E-state index contributed by atoms with van der Waals surface area (Å²) in [6.45, 7) is 19.6. The van der Waals surface area contributed by atoms with Crippen molar-refractivity contribution in [2.75, 3.05) is 10.6 Å². The van der Waals surface area contributed by atoms with Crippen LogP contribution in [0.15, 0.2) is 36.7 Å². The highest BCUT2D eigenvalue weighted by Crippen LogP contribution is 2.42. The van der Waals surface area contributed by atoms with Crippen molar-refractivity contribution in [3.05, 3.63) is 58.9 Å². The van der Waals surface area contributed by atoms with Crippen molar-refractivity contribution in [2.24, 2.45) is 14.1 Å². The Kier molecular flexibility index (Phi) is 11.3. The summed E-state index contributed by atoms with van der Waals surface area (Å²) in [7, 11) is 3.59. The van der Waals surface area contributed by atoms with Gasteiger partial charge >= 0.3 is 11.9 Å². The number of carbonyl (C=O) groups is 2. The second-order valence-electron chi connectivity index (χ2n) is 13.2. The maximum Gasteiger partial charge on any atom is 0.308 e. The third-order valence-corrected chi connectivity index (χ3v) is 6.95. The molecular weight excluding hydrogens is 584 g/mol. The maximum atomic E-state index is 11.7. The summed E-state index contributed by atoms with van der Waals surface area (Å²) in [6.07, 6.45) is 5.04. The van der Waals surface area contributed by atoms with Crippen LogP contribution in [0.25, 0.3) is 0 Å². The zero-order valence-electron chi connectivity index (χ0n) is 29.2. The lowest BCUT2D eigenvalue weighted by atomic mass is 9.79. The van der Waals surface area contributed by atoms with Crippen molar-refractivity contribution in [2.45, 2.75) is 92.9 Å². The van der Waals surface area contributed by atoms with E-state index >= 15 is 0 Å². The standard InChI is InChI=1S/C19H28N4O2.C15H20N4O2/c1-12(24)25-17-14(18(2,3)4)9-13(10-15(17)19(5,6)7)20-16-11-23(8)22-21-16;1-5-11-7-13(17-14-9-16-19(4)18-14)8-12(6-2)15(11)21-10(3)20/h9-11,20H,1-8H3;7-9H,5-6H2,1-4H3,(H,17,18). The molecular formula is C34H48N8O4. The maximum absolute atomic E-state index is 11.7. The van der Waals surface area contributed by atoms with Crippen LogP contribution in [0.3, 0.4) is 0 Å². The van der Waals surface area contributed by atoms with E-state index in [2.05, 4.69) is 72.7 Å². The molecule has 0 amide bonds. The number of hydrogen-bond acceptors (Lipinski definition) is 10. The molecule has 0 aliphatic rings. The fourth-order valence-corrected chi connectivity index (χ4v) is 4.80. The van der Waals surface area contributed by atoms with Gasteiger partial charge in [0, 0.05) is 50.4 Å². The van der Waals surface area contributed by atoms with E-state index < -0.39 is 0 Å². The molecule has 0 atom stereocenters. The number of carbonyl (C=O) groups excluding carboxylic acids is 2. The van der Waals surface area contributed by atoms with Gasteiger partial charge in [-0.1, -0.05) is 60.6 Å². The molecule has 4 aromatic rings. The minimum Gasteiger partial charge on any atom is -0.426 e. The Morgan fingerprint density at radius 3 is 1.63 bits per heavy atom. The van der Waals surface area contributed by atoms with Crippen LogP contribution in [0, 0.1) is 0 Å². The first-order valence-corrected chi connectivity index (χ1v) is 15.4. The van der Waals surface area contributed by atoms with Gasteiger partial charge in [-0.3, -0.25) is 14.3 Å². The molecule has 0 saturated carbocycles. The van der Waals surface area contributed by atoms with Crippen LogP contribution in [0.5, 0.6) is 11.5 Å². The summed E-state index contributed by atoms with van der Waals surface area (Å²) >= 11 is 0. The number of ether oxygens (including phenoxy) is 2. The van der Waals surface area contributed by atoms with Crippen molar-refractivity contribution in [1.82, 2.24) is 30.0 Å². The van der Waals surface area contributed by atoms with Gasteiger partial charge in [-0.05, 0) is 59.1 Å². The Labute approximate surface area is 271 Å². The van der Waals surface area contributed by atoms with Gasteiger partial charge in [0.05, 0.1) is 12.4 Å². The second kappa shape index (κ2) is 14.6. The molecule has 0 spiro atoms. The molecule has 0 aliphatic heterocycles. The summed E-state index contributed by atoms with van der Waals surface area (Å²) in [5.41, 5.74) is 5.37. The molecule has 0 unspecified atom stereocenters. The highest BCUT2D eigenvalue weighted by Gasteiger charge is 2.29. The van der Waals surface area contributed by atoms with Gasteiger partial charge in [0.25, 0.3) is 0 Å². The fourth-order valence-electron chi connectivity index (χ4n) is 4.80. The normalized spacial score (nSPS) is 11.4. The SMILES string of the molecule is CC(=O)Oc1c(C(C)(C)C)cc(Nc2cn(C)nn2)cc1C(C)(C)C.CCc1cc(Nc2cnn(C)n2)cc(CC)c1OC(C)=O. The summed E-state index contributed by atoms with van der Waals surface area (Å²) in [4.78, 5) is 24.5. The van der Waals surface area contributed by atoms with E-state index in [0.717, 1.165) is 46.5 Å². The van der Waals surface area contributed by atoms with Crippen molar-refractivity contribution in [3.63, 3.8) is 0 Å². The largest absolute Gasteiger partial charge is 0.426 e. The molecule has 0 saturated heterocycles. The lowest BCUT2D eigenvalue weighted by molar-refractivity contribution is -0.133. The Bertz CT molecular complexity index is 1610. The molecule has 2 N–H and O–H groups in total. The minimum atomic E-state index is -0.314. The van der Waals surface area contributed by atoms with E-state index in [-0.39, 0.29) is 22.8 Å². The minimum absolute atomic E-state index is 0.190. The number of aryl methyl sites for hydroxylation is 4. The number of anilines is 4. The number of rotatable bonds is 8. The molecule has 4 rings (SSSR count). The number of hydrogen-bond donors (Lipinski definition) is 2. The van der Waals surface area contributed by atoms with E-state index in [9.17, 15) is 9.59 Å². The van der Waals surface area contributed by atoms with Crippen LogP contribution < -0.4 is 20.1 Å². The smallest absolute Gasteiger partial charge is 0.308 e. The van der Waals surface area contributed by atoms with Gasteiger partial charge in [0.1, 0.15) is 11.5 Å². The first-order valence-electron chi connectivity index (χ1n) is 15.4. The van der Waals surface area contributed by atoms with E-state index in [1.807, 2.05) is 51.4 Å². The van der Waals surface area contributed by atoms with Crippen LogP contribution in [0.2, 0.25) is 0 Å². The molecule has 0 fully saturated rings. The zero-order valence-corrected chi connectivity index (χ0v) is 29.2. The van der Waals surface area contributed by atoms with Gasteiger partial charge < -0.3 is 20.1 Å². The van der Waals surface area contributed by atoms with Crippen LogP contribution in [-0.4, -0.2) is 41.9 Å². The highest BCUT2D eigenvalue weighted by atomic mass is 16.5. The van der Waals surface area contributed by atoms with E-state index in [1.54, 1.807) is 17.9 Å². The summed E-state index contributed by atoms with van der Waals surface area (Å²) in [5, 5.41) is 22.8. The number of esters is 2. The van der Waals surface area contributed by atoms with Gasteiger partial charge in [-0.15, -0.1) is 10.2 Å². The molecule has 2 heterocycles. The Morgan fingerprint density at radius 1 is 0.761 bits per heavy atom. The second-order valence-corrected chi connectivity index (χ2v) is 13.2. The van der Waals surface area contributed by atoms with Crippen molar-refractivity contribution >= 4 is 34.9 Å². The molecule has 12 heteroatoms. The van der Waals surface area contributed by atoms with Crippen LogP contribution in [-0.2, 0) is 47.4 Å². The molecule has 12 nitrogen and oxygen atoms in total. The third-order valence-electron chi connectivity index (χ3n) is 6.95. The fraction of sp³-hybridized carbons (Fsp3) is 0.471. The van der Waals surface area contributed by atoms with Gasteiger partial charge in [0.15, 0.2) is 11.6 Å². The number of benzene rings is 2.